The summed E-state index contributed by atoms with van der Waals surface area (Å²) in [7, 11) is 0. The van der Waals surface area contributed by atoms with E-state index in [1.54, 1.807) is 0 Å². The van der Waals surface area contributed by atoms with Crippen LogP contribution in [0.5, 0.6) is 0 Å². The third-order valence-electron chi connectivity index (χ3n) is 5.64. The molecule has 0 spiro atoms. The Hall–Kier alpha value is -2.31. The fourth-order valence-corrected chi connectivity index (χ4v) is 4.86. The minimum Gasteiger partial charge on any atom is -0.0843 e. The molecule has 122 valence electrons. The number of rotatable bonds is 2. The van der Waals surface area contributed by atoms with Gasteiger partial charge in [0.2, 0.25) is 0 Å². The van der Waals surface area contributed by atoms with Gasteiger partial charge in [0, 0.05) is 5.02 Å². The number of halogens is 1. The quantitative estimate of drug-likeness (QED) is 0.313. The predicted octanol–water partition coefficient (Wildman–Crippen LogP) is 7.42. The van der Waals surface area contributed by atoms with Crippen molar-refractivity contribution in [3.63, 3.8) is 0 Å². The van der Waals surface area contributed by atoms with Crippen molar-refractivity contribution in [1.82, 2.24) is 0 Å². The molecule has 1 aliphatic rings. The lowest BCUT2D eigenvalue weighted by Crippen LogP contribution is -1.97. The van der Waals surface area contributed by atoms with E-state index < -0.39 is 0 Å². The van der Waals surface area contributed by atoms with Gasteiger partial charge in [0.15, 0.2) is 0 Å². The van der Waals surface area contributed by atoms with Crippen LogP contribution >= 0.6 is 11.6 Å². The second kappa shape index (κ2) is 5.34. The Balaban J connectivity index is 2.08. The number of hydrogen-bond acceptors (Lipinski definition) is 0. The minimum atomic E-state index is 0.818. The smallest absolute Gasteiger partial charge is 0.0412 e. The monoisotopic (exact) mass is 342 g/mol. The van der Waals surface area contributed by atoms with Crippen LogP contribution in [0, 0.1) is 0 Å². The Kier molecular flexibility index (Phi) is 3.20. The third-order valence-corrected chi connectivity index (χ3v) is 5.87. The van der Waals surface area contributed by atoms with E-state index in [9.17, 15) is 0 Å². The first-order valence-electron chi connectivity index (χ1n) is 9.04. The predicted molar refractivity (Wildman–Crippen MR) is 110 cm³/mol. The summed E-state index contributed by atoms with van der Waals surface area (Å²) in [5.74, 6) is 0. The van der Waals surface area contributed by atoms with E-state index in [-0.39, 0.29) is 0 Å². The molecule has 5 rings (SSSR count). The van der Waals surface area contributed by atoms with Gasteiger partial charge in [-0.3, -0.25) is 0 Å². The molecule has 0 aliphatic heterocycles. The van der Waals surface area contributed by atoms with Crippen molar-refractivity contribution in [2.75, 3.05) is 0 Å². The summed E-state index contributed by atoms with van der Waals surface area (Å²) in [6, 6.07) is 19.8. The fraction of sp³-hybridized carbons (Fsp3) is 0.167. The third kappa shape index (κ3) is 1.89. The van der Waals surface area contributed by atoms with Crippen molar-refractivity contribution in [1.29, 1.82) is 0 Å². The Morgan fingerprint density at radius 2 is 1.32 bits per heavy atom. The number of aryl methyl sites for hydroxylation is 2. The number of benzene rings is 4. The molecule has 25 heavy (non-hydrogen) atoms. The van der Waals surface area contributed by atoms with E-state index >= 15 is 0 Å². The molecule has 1 heteroatoms. The maximum atomic E-state index is 6.36. The van der Waals surface area contributed by atoms with Gasteiger partial charge in [-0.2, -0.15) is 0 Å². The summed E-state index contributed by atoms with van der Waals surface area (Å²) in [6.45, 7) is 4.52. The lowest BCUT2D eigenvalue weighted by Gasteiger charge is -2.18. The maximum Gasteiger partial charge on any atom is 0.0412 e. The molecule has 1 aliphatic carbocycles. The zero-order valence-corrected chi connectivity index (χ0v) is 15.2. The van der Waals surface area contributed by atoms with Crippen LogP contribution in [0.4, 0.5) is 0 Å². The Bertz CT molecular complexity index is 1160. The summed E-state index contributed by atoms with van der Waals surface area (Å²) in [5.41, 5.74) is 8.53. The highest BCUT2D eigenvalue weighted by atomic mass is 35.5. The van der Waals surface area contributed by atoms with E-state index in [1.165, 1.54) is 54.9 Å². The van der Waals surface area contributed by atoms with Gasteiger partial charge in [-0.25, -0.2) is 0 Å². The zero-order chi connectivity index (χ0) is 17.1. The van der Waals surface area contributed by atoms with Gasteiger partial charge in [-0.1, -0.05) is 67.9 Å². The van der Waals surface area contributed by atoms with Crippen LogP contribution < -0.4 is 0 Å². The fourth-order valence-electron chi connectivity index (χ4n) is 4.69. The largest absolute Gasteiger partial charge is 0.0843 e. The van der Waals surface area contributed by atoms with Crippen LogP contribution in [0.1, 0.15) is 25.0 Å². The van der Waals surface area contributed by atoms with Crippen molar-refractivity contribution in [2.45, 2.75) is 26.7 Å². The highest BCUT2D eigenvalue weighted by molar-refractivity contribution is 6.31. The Labute approximate surface area is 153 Å². The molecule has 0 saturated heterocycles. The van der Waals surface area contributed by atoms with Crippen LogP contribution in [0.3, 0.4) is 0 Å². The van der Waals surface area contributed by atoms with E-state index in [0.29, 0.717) is 0 Å². The van der Waals surface area contributed by atoms with E-state index in [0.717, 1.165) is 17.9 Å². The summed E-state index contributed by atoms with van der Waals surface area (Å²) in [4.78, 5) is 0. The van der Waals surface area contributed by atoms with Gasteiger partial charge in [-0.15, -0.1) is 0 Å². The van der Waals surface area contributed by atoms with Gasteiger partial charge < -0.3 is 0 Å². The summed E-state index contributed by atoms with van der Waals surface area (Å²) >= 11 is 6.36. The molecule has 0 heterocycles. The van der Waals surface area contributed by atoms with Crippen LogP contribution in [0.15, 0.2) is 54.6 Å². The molecule has 0 radical (unpaired) electrons. The number of fused-ring (bicyclic) bond motifs is 4. The maximum absolute atomic E-state index is 6.36. The molecule has 0 amide bonds. The lowest BCUT2D eigenvalue weighted by molar-refractivity contribution is 1.14. The molecule has 0 fully saturated rings. The zero-order valence-electron chi connectivity index (χ0n) is 14.5. The second-order valence-electron chi connectivity index (χ2n) is 6.81. The van der Waals surface area contributed by atoms with Crippen molar-refractivity contribution >= 4 is 33.1 Å². The average Bonchev–Trinajstić information content (AvgIpc) is 2.96. The van der Waals surface area contributed by atoms with Crippen LogP contribution in [0.2, 0.25) is 5.02 Å². The molecular weight excluding hydrogens is 324 g/mol. The summed E-state index contributed by atoms with van der Waals surface area (Å²) in [5, 5.41) is 6.23. The van der Waals surface area contributed by atoms with E-state index in [4.69, 9.17) is 11.6 Å². The minimum absolute atomic E-state index is 0.818. The molecule has 0 unspecified atom stereocenters. The molecule has 4 aromatic carbocycles. The summed E-state index contributed by atoms with van der Waals surface area (Å²) < 4.78 is 0. The second-order valence-corrected chi connectivity index (χ2v) is 7.25. The summed E-state index contributed by atoms with van der Waals surface area (Å²) in [6.07, 6.45) is 2.03. The topological polar surface area (TPSA) is 0 Å². The van der Waals surface area contributed by atoms with E-state index in [1.807, 2.05) is 6.07 Å². The normalized spacial score (nSPS) is 12.1. The molecular formula is C24H19Cl. The SMILES string of the molecule is CCc1c2c(c(CC)c3cc(Cl)ccc13)-c1cccc3cccc-2c13. The van der Waals surface area contributed by atoms with Crippen molar-refractivity contribution < 1.29 is 0 Å². The van der Waals surface area contributed by atoms with Crippen LogP contribution in [0.25, 0.3) is 43.8 Å². The highest BCUT2D eigenvalue weighted by Crippen LogP contribution is 2.53. The van der Waals surface area contributed by atoms with Crippen LogP contribution in [-0.2, 0) is 12.8 Å². The Morgan fingerprint density at radius 3 is 1.92 bits per heavy atom. The molecule has 0 N–H and O–H groups in total. The van der Waals surface area contributed by atoms with Crippen molar-refractivity contribution in [3.05, 3.63) is 70.7 Å². The van der Waals surface area contributed by atoms with Gasteiger partial charge in [0.05, 0.1) is 0 Å². The lowest BCUT2D eigenvalue weighted by atomic mass is 9.86. The van der Waals surface area contributed by atoms with Gasteiger partial charge >= 0.3 is 0 Å². The first-order chi connectivity index (χ1) is 12.2. The van der Waals surface area contributed by atoms with Crippen molar-refractivity contribution in [2.24, 2.45) is 0 Å². The standard InChI is InChI=1S/C24H19Cl/c1-3-16-18-12-11-15(25)13-21(18)17(4-2)24-20-10-6-8-14-7-5-9-19(22(14)20)23(16)24/h5-13H,3-4H2,1-2H3. The highest BCUT2D eigenvalue weighted by Gasteiger charge is 2.27. The van der Waals surface area contributed by atoms with Crippen LogP contribution in [-0.4, -0.2) is 0 Å². The average molecular weight is 343 g/mol. The van der Waals surface area contributed by atoms with Gasteiger partial charge in [0.25, 0.3) is 0 Å². The first kappa shape index (κ1) is 15.0. The first-order valence-corrected chi connectivity index (χ1v) is 9.41. The molecule has 0 atom stereocenters. The van der Waals surface area contributed by atoms with Gasteiger partial charge in [-0.05, 0) is 79.9 Å². The molecule has 0 aromatic heterocycles. The van der Waals surface area contributed by atoms with Crippen molar-refractivity contribution in [3.8, 4) is 22.3 Å². The Morgan fingerprint density at radius 1 is 0.720 bits per heavy atom. The molecule has 0 saturated carbocycles. The van der Waals surface area contributed by atoms with E-state index in [2.05, 4.69) is 62.4 Å². The number of hydrogen-bond donors (Lipinski definition) is 0. The molecule has 4 aromatic rings. The molecule has 0 bridgehead atoms. The molecule has 0 nitrogen and oxygen atoms in total. The van der Waals surface area contributed by atoms with Gasteiger partial charge in [0.1, 0.15) is 0 Å².